The number of piperidine rings is 1. The van der Waals surface area contributed by atoms with Gasteiger partial charge in [-0.2, -0.15) is 0 Å². The lowest BCUT2D eigenvalue weighted by molar-refractivity contribution is 0.0705. The first-order valence-electron chi connectivity index (χ1n) is 10.6. The number of likely N-dealkylation sites (tertiary alicyclic amines) is 1. The second kappa shape index (κ2) is 8.76. The second-order valence-corrected chi connectivity index (χ2v) is 7.89. The summed E-state index contributed by atoms with van der Waals surface area (Å²) >= 11 is 0. The molecule has 0 saturated carbocycles. The van der Waals surface area contributed by atoms with Crippen LogP contribution in [-0.2, 0) is 0 Å². The minimum Gasteiger partial charge on any atom is -0.497 e. The highest BCUT2D eigenvalue weighted by Crippen LogP contribution is 2.40. The van der Waals surface area contributed by atoms with E-state index in [-0.39, 0.29) is 11.4 Å². The van der Waals surface area contributed by atoms with Crippen LogP contribution in [0.3, 0.4) is 0 Å². The van der Waals surface area contributed by atoms with Crippen LogP contribution in [0, 0.1) is 0 Å². The summed E-state index contributed by atoms with van der Waals surface area (Å²) in [5.74, 6) is 0.868. The molecule has 1 fully saturated rings. The number of hydrogen-bond acceptors (Lipinski definition) is 5. The summed E-state index contributed by atoms with van der Waals surface area (Å²) in [6.07, 6.45) is 7.46. The van der Waals surface area contributed by atoms with Crippen molar-refractivity contribution in [2.24, 2.45) is 9.98 Å². The fraction of sp³-hybridized carbons (Fsp3) is 0.320. The molecular formula is C25H28N4O2. The molecule has 2 heterocycles. The molecule has 0 aromatic heterocycles. The van der Waals surface area contributed by atoms with E-state index < -0.39 is 0 Å². The van der Waals surface area contributed by atoms with E-state index >= 15 is 0 Å². The Bertz CT molecular complexity index is 1050. The van der Waals surface area contributed by atoms with Gasteiger partial charge in [-0.1, -0.05) is 18.2 Å². The Morgan fingerprint density at radius 1 is 1.19 bits per heavy atom. The van der Waals surface area contributed by atoms with E-state index in [2.05, 4.69) is 16.4 Å². The molecule has 0 aliphatic carbocycles. The molecule has 0 atom stereocenters. The van der Waals surface area contributed by atoms with Gasteiger partial charge in [0.2, 0.25) is 0 Å². The highest BCUT2D eigenvalue weighted by molar-refractivity contribution is 6.09. The Labute approximate surface area is 183 Å². The van der Waals surface area contributed by atoms with Crippen molar-refractivity contribution in [3.8, 4) is 5.75 Å². The summed E-state index contributed by atoms with van der Waals surface area (Å²) in [6.45, 7) is 3.34. The Hall–Kier alpha value is -3.41. The van der Waals surface area contributed by atoms with E-state index in [4.69, 9.17) is 9.73 Å². The lowest BCUT2D eigenvalue weighted by atomic mass is 9.80. The molecule has 2 aliphatic heterocycles. The third-order valence-electron chi connectivity index (χ3n) is 5.97. The Morgan fingerprint density at radius 3 is 2.58 bits per heavy atom. The second-order valence-electron chi connectivity index (χ2n) is 7.89. The highest BCUT2D eigenvalue weighted by Gasteiger charge is 2.41. The number of nitrogens with one attached hydrogen (secondary N) is 1. The van der Waals surface area contributed by atoms with Gasteiger partial charge in [-0.3, -0.25) is 9.79 Å². The van der Waals surface area contributed by atoms with Crippen LogP contribution < -0.4 is 10.1 Å². The van der Waals surface area contributed by atoms with Gasteiger partial charge in [-0.25, -0.2) is 4.99 Å². The number of carbonyl (C=O) groups is 1. The molecule has 2 aliphatic rings. The third kappa shape index (κ3) is 4.10. The maximum absolute atomic E-state index is 13.0. The van der Waals surface area contributed by atoms with Crippen molar-refractivity contribution < 1.29 is 9.53 Å². The zero-order valence-corrected chi connectivity index (χ0v) is 18.3. The number of aliphatic imine (C=N–C) groups is 2. The number of allylic oxidation sites excluding steroid dienone is 1. The standard InChI is InChI=1S/C25H28N4O2/c1-4-5-23-25(28-22-16-20(31-3)10-11-21(22)27-23)12-14-29(15-13-25)24(30)19-8-6-18(7-9-19)17-26-2/h4-11,16-17,28H,12-15H2,1-3H3/b5-4-,26-17?. The average Bonchev–Trinajstić information content (AvgIpc) is 2.80. The quantitative estimate of drug-likeness (QED) is 0.747. The van der Waals surface area contributed by atoms with Gasteiger partial charge >= 0.3 is 0 Å². The predicted octanol–water partition coefficient (Wildman–Crippen LogP) is 4.49. The molecule has 2 aromatic carbocycles. The SMILES string of the molecule is C/C=C\C1=Nc2ccc(OC)cc2NC12CCN(C(=O)c1ccc(C=NC)cc1)CC2. The molecule has 1 N–H and O–H groups in total. The maximum atomic E-state index is 13.0. The summed E-state index contributed by atoms with van der Waals surface area (Å²) in [5, 5.41) is 3.73. The van der Waals surface area contributed by atoms with Crippen molar-refractivity contribution in [3.63, 3.8) is 0 Å². The number of rotatable bonds is 4. The van der Waals surface area contributed by atoms with E-state index in [0.29, 0.717) is 18.7 Å². The van der Waals surface area contributed by atoms with E-state index in [9.17, 15) is 4.79 Å². The van der Waals surface area contributed by atoms with E-state index in [1.54, 1.807) is 20.4 Å². The monoisotopic (exact) mass is 416 g/mol. The van der Waals surface area contributed by atoms with Gasteiger partial charge < -0.3 is 15.0 Å². The zero-order chi connectivity index (χ0) is 21.8. The van der Waals surface area contributed by atoms with Crippen molar-refractivity contribution in [1.29, 1.82) is 0 Å². The van der Waals surface area contributed by atoms with Crippen LogP contribution in [0.25, 0.3) is 0 Å². The first-order chi connectivity index (χ1) is 15.1. The van der Waals surface area contributed by atoms with Crippen LogP contribution in [0.1, 0.15) is 35.7 Å². The molecule has 0 unspecified atom stereocenters. The number of carbonyl (C=O) groups excluding carboxylic acids is 1. The van der Waals surface area contributed by atoms with Crippen LogP contribution in [0.5, 0.6) is 5.75 Å². The van der Waals surface area contributed by atoms with E-state index in [1.807, 2.05) is 60.4 Å². The van der Waals surface area contributed by atoms with Gasteiger partial charge in [-0.15, -0.1) is 0 Å². The van der Waals surface area contributed by atoms with Gasteiger partial charge in [0, 0.05) is 38.0 Å². The fourth-order valence-electron chi connectivity index (χ4n) is 4.27. The van der Waals surface area contributed by atoms with Gasteiger partial charge in [0.25, 0.3) is 5.91 Å². The van der Waals surface area contributed by atoms with Crippen LogP contribution >= 0.6 is 0 Å². The number of fused-ring (bicyclic) bond motifs is 1. The van der Waals surface area contributed by atoms with Crippen LogP contribution in [-0.4, -0.2) is 55.5 Å². The van der Waals surface area contributed by atoms with Crippen molar-refractivity contribution >= 4 is 29.2 Å². The molecule has 160 valence electrons. The average molecular weight is 417 g/mol. The van der Waals surface area contributed by atoms with Crippen LogP contribution in [0.4, 0.5) is 11.4 Å². The molecule has 4 rings (SSSR count). The minimum atomic E-state index is -0.288. The molecule has 6 nitrogen and oxygen atoms in total. The number of hydrogen-bond donors (Lipinski definition) is 1. The van der Waals surface area contributed by atoms with Gasteiger partial charge in [0.1, 0.15) is 5.75 Å². The van der Waals surface area contributed by atoms with E-state index in [1.165, 1.54) is 0 Å². The largest absolute Gasteiger partial charge is 0.497 e. The number of amides is 1. The minimum absolute atomic E-state index is 0.0669. The summed E-state index contributed by atoms with van der Waals surface area (Å²) in [6, 6.07) is 13.5. The van der Waals surface area contributed by atoms with Crippen molar-refractivity contribution in [2.45, 2.75) is 25.3 Å². The smallest absolute Gasteiger partial charge is 0.253 e. The number of methoxy groups -OCH3 is 1. The van der Waals surface area contributed by atoms with E-state index in [0.717, 1.165) is 41.2 Å². The summed E-state index contributed by atoms with van der Waals surface area (Å²) in [5.41, 5.74) is 4.31. The van der Waals surface area contributed by atoms with Gasteiger partial charge in [0.05, 0.1) is 29.7 Å². The topological polar surface area (TPSA) is 66.3 Å². The third-order valence-corrected chi connectivity index (χ3v) is 5.97. The zero-order valence-electron chi connectivity index (χ0n) is 18.3. The number of benzene rings is 2. The molecule has 1 spiro atoms. The molecule has 0 bridgehead atoms. The van der Waals surface area contributed by atoms with Crippen LogP contribution in [0.15, 0.2) is 64.6 Å². The normalized spacial score (nSPS) is 17.5. The molecule has 1 amide bonds. The van der Waals surface area contributed by atoms with Crippen LogP contribution in [0.2, 0.25) is 0 Å². The lowest BCUT2D eigenvalue weighted by Gasteiger charge is -2.45. The molecule has 6 heteroatoms. The Morgan fingerprint density at radius 2 is 1.94 bits per heavy atom. The van der Waals surface area contributed by atoms with Crippen molar-refractivity contribution in [3.05, 3.63) is 65.7 Å². The highest BCUT2D eigenvalue weighted by atomic mass is 16.5. The Balaban J connectivity index is 1.53. The lowest BCUT2D eigenvalue weighted by Crippen LogP contribution is -2.55. The fourth-order valence-corrected chi connectivity index (χ4v) is 4.27. The first-order valence-corrected chi connectivity index (χ1v) is 10.6. The summed E-state index contributed by atoms with van der Waals surface area (Å²) in [4.78, 5) is 23.9. The summed E-state index contributed by atoms with van der Waals surface area (Å²) < 4.78 is 5.39. The molecule has 0 radical (unpaired) electrons. The number of anilines is 1. The van der Waals surface area contributed by atoms with Crippen molar-refractivity contribution in [1.82, 2.24) is 4.90 Å². The molecular weight excluding hydrogens is 388 g/mol. The van der Waals surface area contributed by atoms with Crippen molar-refractivity contribution in [2.75, 3.05) is 32.6 Å². The summed E-state index contributed by atoms with van der Waals surface area (Å²) in [7, 11) is 3.40. The van der Waals surface area contributed by atoms with Gasteiger partial charge in [-0.05, 0) is 55.7 Å². The predicted molar refractivity (Wildman–Crippen MR) is 126 cm³/mol. The van der Waals surface area contributed by atoms with Gasteiger partial charge in [0.15, 0.2) is 0 Å². The number of ether oxygens (including phenoxy) is 1. The first kappa shape index (κ1) is 20.8. The Kier molecular flexibility index (Phi) is 5.89. The molecule has 1 saturated heterocycles. The molecule has 2 aromatic rings. The maximum Gasteiger partial charge on any atom is 0.253 e. The number of nitrogens with zero attached hydrogens (tertiary/aromatic N) is 3. The molecule has 31 heavy (non-hydrogen) atoms.